The maximum atomic E-state index is 5.47. The van der Waals surface area contributed by atoms with E-state index < -0.39 is 0 Å². The standard InChI is InChI=1S/C13H16N2OS/c1-2-6-12-11(5-1)15-13(17-12)14-8-10-4-3-7-16-9-10/h1-2,5-6,10H,3-4,7-9H2,(H,14,15). The van der Waals surface area contributed by atoms with Crippen LogP contribution >= 0.6 is 11.3 Å². The molecule has 3 nitrogen and oxygen atoms in total. The molecule has 3 rings (SSSR count). The van der Waals surface area contributed by atoms with E-state index in [4.69, 9.17) is 4.74 Å². The number of benzene rings is 1. The van der Waals surface area contributed by atoms with Crippen molar-refractivity contribution < 1.29 is 4.74 Å². The number of para-hydroxylation sites is 1. The summed E-state index contributed by atoms with van der Waals surface area (Å²) < 4.78 is 6.72. The largest absolute Gasteiger partial charge is 0.381 e. The van der Waals surface area contributed by atoms with Crippen molar-refractivity contribution in [2.45, 2.75) is 12.8 Å². The van der Waals surface area contributed by atoms with Gasteiger partial charge in [0.1, 0.15) is 0 Å². The molecule has 0 saturated carbocycles. The molecule has 0 aliphatic carbocycles. The van der Waals surface area contributed by atoms with Crippen molar-refractivity contribution in [3.8, 4) is 0 Å². The lowest BCUT2D eigenvalue weighted by Gasteiger charge is -2.21. The third-order valence-electron chi connectivity index (χ3n) is 3.09. The lowest BCUT2D eigenvalue weighted by molar-refractivity contribution is 0.0595. The van der Waals surface area contributed by atoms with E-state index in [2.05, 4.69) is 28.5 Å². The smallest absolute Gasteiger partial charge is 0.183 e. The quantitative estimate of drug-likeness (QED) is 0.906. The molecule has 1 aromatic carbocycles. The summed E-state index contributed by atoms with van der Waals surface area (Å²) in [7, 11) is 0. The molecule has 1 aliphatic heterocycles. The summed E-state index contributed by atoms with van der Waals surface area (Å²) in [6.45, 7) is 2.79. The van der Waals surface area contributed by atoms with Crippen LogP contribution in [0.2, 0.25) is 0 Å². The SMILES string of the molecule is c1ccc2sc(NCC3CCCOC3)nc2c1. The number of ether oxygens (including phenoxy) is 1. The van der Waals surface area contributed by atoms with Gasteiger partial charge in [-0.1, -0.05) is 23.5 Å². The second-order valence-corrected chi connectivity index (χ2v) is 5.48. The fourth-order valence-corrected chi connectivity index (χ4v) is 3.02. The second kappa shape index (κ2) is 5.02. The van der Waals surface area contributed by atoms with Gasteiger partial charge in [0.2, 0.25) is 0 Å². The van der Waals surface area contributed by atoms with Gasteiger partial charge in [-0.3, -0.25) is 0 Å². The third-order valence-corrected chi connectivity index (χ3v) is 4.08. The van der Waals surface area contributed by atoms with Gasteiger partial charge in [-0.25, -0.2) is 4.98 Å². The molecule has 0 bridgehead atoms. The van der Waals surface area contributed by atoms with Crippen LogP contribution in [-0.4, -0.2) is 24.7 Å². The summed E-state index contributed by atoms with van der Waals surface area (Å²) in [4.78, 5) is 4.56. The number of aromatic nitrogens is 1. The maximum absolute atomic E-state index is 5.47. The van der Waals surface area contributed by atoms with E-state index >= 15 is 0 Å². The van der Waals surface area contributed by atoms with Crippen molar-refractivity contribution >= 4 is 26.7 Å². The molecule has 1 N–H and O–H groups in total. The highest BCUT2D eigenvalue weighted by molar-refractivity contribution is 7.22. The molecular weight excluding hydrogens is 232 g/mol. The highest BCUT2D eigenvalue weighted by Crippen LogP contribution is 2.26. The molecule has 1 aliphatic rings. The van der Waals surface area contributed by atoms with Crippen molar-refractivity contribution in [3.05, 3.63) is 24.3 Å². The van der Waals surface area contributed by atoms with Crippen molar-refractivity contribution in [1.82, 2.24) is 4.98 Å². The Morgan fingerprint density at radius 3 is 3.18 bits per heavy atom. The highest BCUT2D eigenvalue weighted by atomic mass is 32.1. The number of hydrogen-bond acceptors (Lipinski definition) is 4. The first-order chi connectivity index (χ1) is 8.42. The minimum atomic E-state index is 0.635. The van der Waals surface area contributed by atoms with Crippen LogP contribution in [0, 0.1) is 5.92 Å². The molecule has 4 heteroatoms. The average molecular weight is 248 g/mol. The molecule has 1 unspecified atom stereocenters. The van der Waals surface area contributed by atoms with Crippen LogP contribution in [-0.2, 0) is 4.74 Å². The lowest BCUT2D eigenvalue weighted by Crippen LogP contribution is -2.24. The van der Waals surface area contributed by atoms with E-state index in [1.165, 1.54) is 17.5 Å². The number of nitrogens with zero attached hydrogens (tertiary/aromatic N) is 1. The first-order valence-corrected chi connectivity index (χ1v) is 6.90. The fraction of sp³-hybridized carbons (Fsp3) is 0.462. The number of hydrogen-bond donors (Lipinski definition) is 1. The summed E-state index contributed by atoms with van der Waals surface area (Å²) in [5.41, 5.74) is 1.08. The fourth-order valence-electron chi connectivity index (χ4n) is 2.15. The highest BCUT2D eigenvalue weighted by Gasteiger charge is 2.14. The molecule has 2 aromatic rings. The van der Waals surface area contributed by atoms with E-state index in [1.807, 2.05) is 6.07 Å². The Morgan fingerprint density at radius 2 is 2.35 bits per heavy atom. The van der Waals surface area contributed by atoms with Crippen LogP contribution < -0.4 is 5.32 Å². The summed E-state index contributed by atoms with van der Waals surface area (Å²) in [6.07, 6.45) is 2.45. The molecule has 0 spiro atoms. The zero-order chi connectivity index (χ0) is 11.5. The molecule has 1 aromatic heterocycles. The van der Waals surface area contributed by atoms with Gasteiger partial charge in [0.25, 0.3) is 0 Å². The molecule has 1 fully saturated rings. The van der Waals surface area contributed by atoms with Crippen molar-refractivity contribution in [2.24, 2.45) is 5.92 Å². The van der Waals surface area contributed by atoms with Crippen LogP contribution in [0.4, 0.5) is 5.13 Å². The van der Waals surface area contributed by atoms with Gasteiger partial charge in [-0.05, 0) is 30.9 Å². The number of fused-ring (bicyclic) bond motifs is 1. The Bertz CT molecular complexity index is 458. The molecule has 1 atom stereocenters. The van der Waals surface area contributed by atoms with Gasteiger partial charge in [0.15, 0.2) is 5.13 Å². The zero-order valence-electron chi connectivity index (χ0n) is 9.69. The van der Waals surface area contributed by atoms with E-state index in [0.29, 0.717) is 5.92 Å². The first-order valence-electron chi connectivity index (χ1n) is 6.09. The number of anilines is 1. The Hall–Kier alpha value is -1.13. The van der Waals surface area contributed by atoms with E-state index in [0.717, 1.165) is 30.4 Å². The Balaban J connectivity index is 1.64. The number of thiazole rings is 1. The van der Waals surface area contributed by atoms with Crippen molar-refractivity contribution in [2.75, 3.05) is 25.1 Å². The van der Waals surface area contributed by atoms with Gasteiger partial charge in [0, 0.05) is 13.2 Å². The predicted octanol–water partition coefficient (Wildman–Crippen LogP) is 3.13. The van der Waals surface area contributed by atoms with Crippen LogP contribution in [0.25, 0.3) is 10.2 Å². The Kier molecular flexibility index (Phi) is 3.25. The lowest BCUT2D eigenvalue weighted by atomic mass is 10.0. The average Bonchev–Trinajstić information content (AvgIpc) is 2.80. The van der Waals surface area contributed by atoms with Crippen LogP contribution in [0.15, 0.2) is 24.3 Å². The van der Waals surface area contributed by atoms with E-state index in [9.17, 15) is 0 Å². The van der Waals surface area contributed by atoms with Gasteiger partial charge < -0.3 is 10.1 Å². The molecule has 1 saturated heterocycles. The summed E-state index contributed by atoms with van der Waals surface area (Å²) in [5.74, 6) is 0.635. The first kappa shape index (κ1) is 11.0. The Labute approximate surface area is 105 Å². The third kappa shape index (κ3) is 2.58. The van der Waals surface area contributed by atoms with Gasteiger partial charge >= 0.3 is 0 Å². The van der Waals surface area contributed by atoms with Gasteiger partial charge in [-0.15, -0.1) is 0 Å². The van der Waals surface area contributed by atoms with Crippen LogP contribution in [0.3, 0.4) is 0 Å². The van der Waals surface area contributed by atoms with Crippen molar-refractivity contribution in [3.63, 3.8) is 0 Å². The van der Waals surface area contributed by atoms with Gasteiger partial charge in [-0.2, -0.15) is 0 Å². The summed E-state index contributed by atoms with van der Waals surface area (Å²) in [5, 5.41) is 4.46. The van der Waals surface area contributed by atoms with Crippen molar-refractivity contribution in [1.29, 1.82) is 0 Å². The predicted molar refractivity (Wildman–Crippen MR) is 71.7 cm³/mol. The van der Waals surface area contributed by atoms with Crippen LogP contribution in [0.5, 0.6) is 0 Å². The maximum Gasteiger partial charge on any atom is 0.183 e. The van der Waals surface area contributed by atoms with Gasteiger partial charge in [0.05, 0.1) is 16.8 Å². The zero-order valence-corrected chi connectivity index (χ0v) is 10.5. The normalized spacial score (nSPS) is 20.6. The minimum Gasteiger partial charge on any atom is -0.381 e. The Morgan fingerprint density at radius 1 is 1.41 bits per heavy atom. The summed E-state index contributed by atoms with van der Waals surface area (Å²) in [6, 6.07) is 8.25. The summed E-state index contributed by atoms with van der Waals surface area (Å²) >= 11 is 1.72. The topological polar surface area (TPSA) is 34.1 Å². The van der Waals surface area contributed by atoms with Crippen LogP contribution in [0.1, 0.15) is 12.8 Å². The molecule has 17 heavy (non-hydrogen) atoms. The number of nitrogens with one attached hydrogen (secondary N) is 1. The number of rotatable bonds is 3. The molecular formula is C13H16N2OS. The molecule has 0 amide bonds. The second-order valence-electron chi connectivity index (χ2n) is 4.45. The molecule has 2 heterocycles. The molecule has 0 radical (unpaired) electrons. The minimum absolute atomic E-state index is 0.635. The molecule has 90 valence electrons. The van der Waals surface area contributed by atoms with E-state index in [1.54, 1.807) is 11.3 Å². The van der Waals surface area contributed by atoms with E-state index in [-0.39, 0.29) is 0 Å². The monoisotopic (exact) mass is 248 g/mol.